The molecule has 2 nitrogen and oxygen atoms in total. The summed E-state index contributed by atoms with van der Waals surface area (Å²) in [6.07, 6.45) is 15.4. The van der Waals surface area contributed by atoms with Crippen LogP contribution in [0.15, 0.2) is 24.3 Å². The van der Waals surface area contributed by atoms with Crippen molar-refractivity contribution in [3.63, 3.8) is 0 Å². The van der Waals surface area contributed by atoms with Crippen molar-refractivity contribution in [2.75, 3.05) is 18.9 Å². The zero-order valence-electron chi connectivity index (χ0n) is 16.4. The van der Waals surface area contributed by atoms with Crippen molar-refractivity contribution in [3.05, 3.63) is 29.8 Å². The molecule has 0 atom stereocenters. The van der Waals surface area contributed by atoms with Gasteiger partial charge in [0.25, 0.3) is 0 Å². The summed E-state index contributed by atoms with van der Waals surface area (Å²) >= 11 is 0. The average Bonchev–Trinajstić information content (AvgIpc) is 2.63. The fraction of sp³-hybridized carbons (Fsp3) is 0.750. The molecular weight excluding hydrogens is 318 g/mol. The Bertz CT molecular complexity index is 524. The molecule has 0 aromatic heterocycles. The summed E-state index contributed by atoms with van der Waals surface area (Å²) in [5, 5.41) is 0. The van der Waals surface area contributed by atoms with Crippen LogP contribution in [0.2, 0.25) is 0 Å². The first-order valence-corrected chi connectivity index (χ1v) is 11.2. The van der Waals surface area contributed by atoms with E-state index < -0.39 is 0 Å². The van der Waals surface area contributed by atoms with E-state index in [4.69, 9.17) is 10.5 Å². The van der Waals surface area contributed by atoms with Gasteiger partial charge in [-0.15, -0.1) is 0 Å². The lowest BCUT2D eigenvalue weighted by atomic mass is 9.52. The van der Waals surface area contributed by atoms with Gasteiger partial charge >= 0.3 is 0 Å². The van der Waals surface area contributed by atoms with Crippen LogP contribution in [-0.2, 0) is 11.2 Å². The molecule has 4 aliphatic rings. The third-order valence-corrected chi connectivity index (χ3v) is 7.47. The fourth-order valence-corrected chi connectivity index (χ4v) is 6.28. The molecule has 2 N–H and O–H groups in total. The lowest BCUT2D eigenvalue weighted by molar-refractivity contribution is -0.0717. The quantitative estimate of drug-likeness (QED) is 0.422. The Morgan fingerprint density at radius 1 is 0.769 bits per heavy atom. The van der Waals surface area contributed by atoms with Gasteiger partial charge in [0.2, 0.25) is 0 Å². The largest absolute Gasteiger partial charge is 0.399 e. The smallest absolute Gasteiger partial charge is 0.0499 e. The molecule has 144 valence electrons. The second-order valence-corrected chi connectivity index (χ2v) is 9.43. The topological polar surface area (TPSA) is 35.2 Å². The van der Waals surface area contributed by atoms with E-state index in [9.17, 15) is 0 Å². The number of hydrogen-bond acceptors (Lipinski definition) is 2. The zero-order valence-corrected chi connectivity index (χ0v) is 16.4. The Hall–Kier alpha value is -1.02. The molecule has 0 heterocycles. The standard InChI is InChI=1S/C24H37NO/c25-23-9-7-18(8-10-23)6-4-2-1-3-5-11-26-17-24-21-13-19-12-20(15-21)16-22(24)14-19/h7-10,19-22,24H,1-6,11-17,25H2. The number of anilines is 1. The van der Waals surface area contributed by atoms with Crippen LogP contribution in [-0.4, -0.2) is 13.2 Å². The minimum Gasteiger partial charge on any atom is -0.399 e. The van der Waals surface area contributed by atoms with Crippen molar-refractivity contribution >= 4 is 5.69 Å². The first-order valence-electron chi connectivity index (χ1n) is 11.2. The molecule has 0 saturated heterocycles. The van der Waals surface area contributed by atoms with E-state index in [1.54, 1.807) is 6.42 Å². The highest BCUT2D eigenvalue weighted by Crippen LogP contribution is 2.56. The van der Waals surface area contributed by atoms with Crippen molar-refractivity contribution in [2.45, 2.75) is 70.6 Å². The van der Waals surface area contributed by atoms with Crippen LogP contribution in [0.3, 0.4) is 0 Å². The zero-order chi connectivity index (χ0) is 17.8. The summed E-state index contributed by atoms with van der Waals surface area (Å²) in [6.45, 7) is 2.05. The van der Waals surface area contributed by atoms with Gasteiger partial charge in [0.1, 0.15) is 0 Å². The molecule has 4 bridgehead atoms. The molecule has 0 unspecified atom stereocenters. The second kappa shape index (κ2) is 8.78. The van der Waals surface area contributed by atoms with Crippen LogP contribution >= 0.6 is 0 Å². The van der Waals surface area contributed by atoms with E-state index in [1.165, 1.54) is 69.8 Å². The van der Waals surface area contributed by atoms with E-state index in [0.29, 0.717) is 0 Å². The van der Waals surface area contributed by atoms with Gasteiger partial charge in [-0.05, 0) is 98.7 Å². The van der Waals surface area contributed by atoms with Gasteiger partial charge in [0.15, 0.2) is 0 Å². The van der Waals surface area contributed by atoms with Crippen molar-refractivity contribution < 1.29 is 4.74 Å². The molecule has 5 rings (SSSR count). The molecule has 4 fully saturated rings. The minimum atomic E-state index is 0.863. The molecule has 4 saturated carbocycles. The molecule has 4 aliphatic carbocycles. The Morgan fingerprint density at radius 3 is 2.08 bits per heavy atom. The number of benzene rings is 1. The van der Waals surface area contributed by atoms with E-state index >= 15 is 0 Å². The van der Waals surface area contributed by atoms with Gasteiger partial charge in [0.05, 0.1) is 0 Å². The number of nitrogens with two attached hydrogens (primary N) is 1. The van der Waals surface area contributed by atoms with Crippen LogP contribution in [0.1, 0.15) is 69.8 Å². The van der Waals surface area contributed by atoms with Gasteiger partial charge in [0, 0.05) is 18.9 Å². The van der Waals surface area contributed by atoms with Crippen LogP contribution in [0, 0.1) is 29.6 Å². The summed E-state index contributed by atoms with van der Waals surface area (Å²) in [4.78, 5) is 0. The van der Waals surface area contributed by atoms with E-state index in [-0.39, 0.29) is 0 Å². The van der Waals surface area contributed by atoms with Crippen molar-refractivity contribution in [1.82, 2.24) is 0 Å². The predicted octanol–water partition coefficient (Wildman–Crippen LogP) is 5.85. The monoisotopic (exact) mass is 355 g/mol. The van der Waals surface area contributed by atoms with Crippen molar-refractivity contribution in [2.24, 2.45) is 29.6 Å². The molecule has 0 spiro atoms. The molecular formula is C24H37NO. The third-order valence-electron chi connectivity index (χ3n) is 7.47. The SMILES string of the molecule is Nc1ccc(CCCCCCCOCC2C3CC4CC(C3)CC2C4)cc1. The Labute approximate surface area is 159 Å². The van der Waals surface area contributed by atoms with Crippen LogP contribution in [0.25, 0.3) is 0 Å². The molecule has 1 aromatic rings. The van der Waals surface area contributed by atoms with Crippen molar-refractivity contribution in [3.8, 4) is 0 Å². The highest BCUT2D eigenvalue weighted by Gasteiger charge is 2.47. The van der Waals surface area contributed by atoms with Crippen LogP contribution < -0.4 is 5.73 Å². The second-order valence-electron chi connectivity index (χ2n) is 9.43. The van der Waals surface area contributed by atoms with Crippen LogP contribution in [0.5, 0.6) is 0 Å². The van der Waals surface area contributed by atoms with E-state index in [0.717, 1.165) is 48.5 Å². The maximum atomic E-state index is 6.13. The number of unbranched alkanes of at least 4 members (excludes halogenated alkanes) is 4. The molecule has 26 heavy (non-hydrogen) atoms. The van der Waals surface area contributed by atoms with Gasteiger partial charge in [-0.2, -0.15) is 0 Å². The average molecular weight is 356 g/mol. The van der Waals surface area contributed by atoms with E-state index in [1.807, 2.05) is 12.1 Å². The molecule has 0 amide bonds. The first kappa shape index (κ1) is 18.3. The van der Waals surface area contributed by atoms with Gasteiger partial charge in [-0.25, -0.2) is 0 Å². The maximum Gasteiger partial charge on any atom is 0.0499 e. The number of ether oxygens (including phenoxy) is 1. The molecule has 0 aliphatic heterocycles. The van der Waals surface area contributed by atoms with Crippen LogP contribution in [0.4, 0.5) is 5.69 Å². The molecule has 1 aromatic carbocycles. The Morgan fingerprint density at radius 2 is 1.38 bits per heavy atom. The maximum absolute atomic E-state index is 6.13. The normalized spacial score (nSPS) is 32.2. The first-order chi connectivity index (χ1) is 12.8. The third kappa shape index (κ3) is 4.63. The summed E-state index contributed by atoms with van der Waals surface area (Å²) in [7, 11) is 0. The van der Waals surface area contributed by atoms with Gasteiger partial charge in [-0.3, -0.25) is 0 Å². The number of aryl methyl sites for hydroxylation is 1. The Balaban J connectivity index is 1.02. The number of hydrogen-bond donors (Lipinski definition) is 1. The highest BCUT2D eigenvalue weighted by molar-refractivity contribution is 5.39. The summed E-state index contributed by atoms with van der Waals surface area (Å²) in [6, 6.07) is 8.34. The lowest BCUT2D eigenvalue weighted by Gasteiger charge is -2.54. The van der Waals surface area contributed by atoms with Crippen molar-refractivity contribution in [1.29, 1.82) is 0 Å². The summed E-state index contributed by atoms with van der Waals surface area (Å²) < 4.78 is 6.13. The molecule has 2 heteroatoms. The minimum absolute atomic E-state index is 0.863. The number of rotatable bonds is 10. The van der Waals surface area contributed by atoms with Gasteiger partial charge < -0.3 is 10.5 Å². The highest BCUT2D eigenvalue weighted by atomic mass is 16.5. The Kier molecular flexibility index (Phi) is 6.20. The molecule has 0 radical (unpaired) electrons. The fourth-order valence-electron chi connectivity index (χ4n) is 6.28. The number of nitrogen functional groups attached to an aromatic ring is 1. The lowest BCUT2D eigenvalue weighted by Crippen LogP contribution is -2.46. The van der Waals surface area contributed by atoms with E-state index in [2.05, 4.69) is 12.1 Å². The van der Waals surface area contributed by atoms with Gasteiger partial charge in [-0.1, -0.05) is 31.4 Å². The summed E-state index contributed by atoms with van der Waals surface area (Å²) in [5.41, 5.74) is 8.01. The predicted molar refractivity (Wildman–Crippen MR) is 109 cm³/mol. The summed E-state index contributed by atoms with van der Waals surface area (Å²) in [5.74, 6) is 5.10.